The molecule has 2 aromatic carbocycles. The number of pyridine rings is 1. The number of nitrogens with zero attached hydrogens (tertiary/aromatic N) is 4. The summed E-state index contributed by atoms with van der Waals surface area (Å²) in [5.41, 5.74) is 6.99. The molecule has 186 valence electrons. The van der Waals surface area contributed by atoms with E-state index in [1.54, 1.807) is 23.7 Å². The van der Waals surface area contributed by atoms with Crippen molar-refractivity contribution >= 4 is 16.5 Å². The van der Waals surface area contributed by atoms with Crippen LogP contribution in [0.5, 0.6) is 5.75 Å². The zero-order chi connectivity index (χ0) is 25.6. The van der Waals surface area contributed by atoms with Gasteiger partial charge in [0.25, 0.3) is 0 Å². The fourth-order valence-corrected chi connectivity index (χ4v) is 4.99. The Morgan fingerprint density at radius 3 is 2.41 bits per heavy atom. The minimum absolute atomic E-state index is 0.529. The average molecular weight is 508 g/mol. The summed E-state index contributed by atoms with van der Waals surface area (Å²) in [5.74, 6) is 1.48. The van der Waals surface area contributed by atoms with Crippen LogP contribution in [0, 0.1) is 13.8 Å². The molecule has 0 aliphatic heterocycles. The van der Waals surface area contributed by atoms with E-state index in [0.717, 1.165) is 67.9 Å². The molecule has 0 bridgehead atoms. The number of hydrogen-bond donors (Lipinski definition) is 1. The van der Waals surface area contributed by atoms with E-state index in [-0.39, 0.29) is 0 Å². The third-order valence-corrected chi connectivity index (χ3v) is 6.92. The Morgan fingerprint density at radius 1 is 0.892 bits per heavy atom. The van der Waals surface area contributed by atoms with Crippen LogP contribution in [0.15, 0.2) is 79.3 Å². The van der Waals surface area contributed by atoms with E-state index >= 15 is 0 Å². The van der Waals surface area contributed by atoms with Gasteiger partial charge in [-0.15, -0.1) is 0 Å². The molecule has 0 saturated heterocycles. The topological polar surface area (TPSA) is 72.8 Å². The van der Waals surface area contributed by atoms with Gasteiger partial charge in [0.15, 0.2) is 11.0 Å². The summed E-state index contributed by atoms with van der Waals surface area (Å²) < 4.78 is 6.11. The van der Waals surface area contributed by atoms with E-state index in [1.165, 1.54) is 0 Å². The Hall–Kier alpha value is -4.10. The molecular formula is C30H29N5OS. The lowest BCUT2D eigenvalue weighted by Crippen LogP contribution is -2.00. The standard InChI is InChI=1S/C30H29N5OS/c1-4-12-32-30-33-18-27(37-30)25-16-26(35-29(34-25)23-11-8-13-31-17-23)28-20(2)14-24(15-21(28)3)36-19-22-9-6-5-7-10-22/h5-11,13-18H,4,12,19H2,1-3H3,(H,32,33). The molecule has 0 unspecified atom stereocenters. The highest BCUT2D eigenvalue weighted by Gasteiger charge is 2.16. The van der Waals surface area contributed by atoms with Crippen LogP contribution in [0.1, 0.15) is 30.0 Å². The molecule has 0 aliphatic carbocycles. The zero-order valence-electron chi connectivity index (χ0n) is 21.2. The van der Waals surface area contributed by atoms with E-state index in [9.17, 15) is 0 Å². The van der Waals surface area contributed by atoms with Crippen LogP contribution in [-0.4, -0.2) is 26.5 Å². The smallest absolute Gasteiger partial charge is 0.183 e. The number of benzene rings is 2. The van der Waals surface area contributed by atoms with Crippen LogP contribution in [-0.2, 0) is 6.61 Å². The number of aryl methyl sites for hydroxylation is 2. The Bertz CT molecular complexity index is 1460. The summed E-state index contributed by atoms with van der Waals surface area (Å²) >= 11 is 1.60. The molecule has 7 heteroatoms. The molecule has 5 rings (SSSR count). The van der Waals surface area contributed by atoms with Gasteiger partial charge in [-0.2, -0.15) is 0 Å². The molecule has 0 amide bonds. The second-order valence-electron chi connectivity index (χ2n) is 8.87. The van der Waals surface area contributed by atoms with Gasteiger partial charge in [0, 0.05) is 36.3 Å². The van der Waals surface area contributed by atoms with Crippen molar-refractivity contribution < 1.29 is 4.74 Å². The first-order valence-electron chi connectivity index (χ1n) is 12.4. The van der Waals surface area contributed by atoms with Crippen molar-refractivity contribution in [3.63, 3.8) is 0 Å². The van der Waals surface area contributed by atoms with Gasteiger partial charge in [0.2, 0.25) is 0 Å². The molecule has 0 aliphatic rings. The number of rotatable bonds is 9. The van der Waals surface area contributed by atoms with E-state index < -0.39 is 0 Å². The maximum absolute atomic E-state index is 6.11. The predicted octanol–water partition coefficient (Wildman–Crippen LogP) is 7.35. The maximum atomic E-state index is 6.11. The van der Waals surface area contributed by atoms with Crippen molar-refractivity contribution in [3.8, 4) is 39.0 Å². The molecule has 0 saturated carbocycles. The summed E-state index contributed by atoms with van der Waals surface area (Å²) in [4.78, 5) is 19.7. The summed E-state index contributed by atoms with van der Waals surface area (Å²) in [7, 11) is 0. The highest BCUT2D eigenvalue weighted by Crippen LogP contribution is 2.35. The number of aromatic nitrogens is 4. The summed E-state index contributed by atoms with van der Waals surface area (Å²) in [5, 5.41) is 4.26. The minimum atomic E-state index is 0.529. The second kappa shape index (κ2) is 11.3. The van der Waals surface area contributed by atoms with Crippen LogP contribution >= 0.6 is 11.3 Å². The van der Waals surface area contributed by atoms with Crippen LogP contribution in [0.4, 0.5) is 5.13 Å². The zero-order valence-corrected chi connectivity index (χ0v) is 22.0. The largest absolute Gasteiger partial charge is 0.489 e. The molecule has 0 radical (unpaired) electrons. The third-order valence-electron chi connectivity index (χ3n) is 5.94. The maximum Gasteiger partial charge on any atom is 0.183 e. The van der Waals surface area contributed by atoms with Crippen LogP contribution in [0.2, 0.25) is 0 Å². The molecule has 0 fully saturated rings. The van der Waals surface area contributed by atoms with Crippen LogP contribution < -0.4 is 10.1 Å². The van der Waals surface area contributed by atoms with Gasteiger partial charge < -0.3 is 10.1 Å². The molecule has 6 nitrogen and oxygen atoms in total. The van der Waals surface area contributed by atoms with Crippen molar-refractivity contribution in [1.29, 1.82) is 0 Å². The summed E-state index contributed by atoms with van der Waals surface area (Å²) in [6.07, 6.45) is 6.47. The van der Waals surface area contributed by atoms with Gasteiger partial charge in [0.05, 0.1) is 16.3 Å². The highest BCUT2D eigenvalue weighted by molar-refractivity contribution is 7.18. The Kier molecular flexibility index (Phi) is 7.51. The fraction of sp³-hybridized carbons (Fsp3) is 0.200. The first kappa shape index (κ1) is 24.6. The minimum Gasteiger partial charge on any atom is -0.489 e. The first-order chi connectivity index (χ1) is 18.1. The van der Waals surface area contributed by atoms with Gasteiger partial charge in [-0.1, -0.05) is 48.6 Å². The summed E-state index contributed by atoms with van der Waals surface area (Å²) in [6.45, 7) is 7.76. The lowest BCUT2D eigenvalue weighted by Gasteiger charge is -2.15. The predicted molar refractivity (Wildman–Crippen MR) is 151 cm³/mol. The Balaban J connectivity index is 1.53. The molecule has 3 aromatic heterocycles. The van der Waals surface area contributed by atoms with Gasteiger partial charge in [0.1, 0.15) is 12.4 Å². The van der Waals surface area contributed by atoms with Crippen LogP contribution in [0.3, 0.4) is 0 Å². The monoisotopic (exact) mass is 507 g/mol. The average Bonchev–Trinajstić information content (AvgIpc) is 3.40. The Morgan fingerprint density at radius 2 is 1.68 bits per heavy atom. The van der Waals surface area contributed by atoms with E-state index in [1.807, 2.05) is 36.5 Å². The molecule has 0 spiro atoms. The Labute approximate surface area is 221 Å². The van der Waals surface area contributed by atoms with E-state index in [0.29, 0.717) is 12.4 Å². The number of nitrogens with one attached hydrogen (secondary N) is 1. The number of ether oxygens (including phenoxy) is 1. The quantitative estimate of drug-likeness (QED) is 0.225. The van der Waals surface area contributed by atoms with Gasteiger partial charge in [-0.25, -0.2) is 15.0 Å². The molecule has 1 N–H and O–H groups in total. The fourth-order valence-electron chi connectivity index (χ4n) is 4.18. The first-order valence-corrected chi connectivity index (χ1v) is 13.2. The van der Waals surface area contributed by atoms with Crippen molar-refractivity contribution in [2.45, 2.75) is 33.8 Å². The molecule has 0 atom stereocenters. The lowest BCUT2D eigenvalue weighted by molar-refractivity contribution is 0.306. The second-order valence-corrected chi connectivity index (χ2v) is 9.90. The van der Waals surface area contributed by atoms with E-state index in [4.69, 9.17) is 14.7 Å². The molecule has 5 aromatic rings. The number of anilines is 1. The molecule has 3 heterocycles. The van der Waals surface area contributed by atoms with Gasteiger partial charge in [-0.3, -0.25) is 4.98 Å². The van der Waals surface area contributed by atoms with Crippen molar-refractivity contribution in [2.24, 2.45) is 0 Å². The summed E-state index contributed by atoms with van der Waals surface area (Å²) in [6, 6.07) is 20.3. The van der Waals surface area contributed by atoms with Crippen molar-refractivity contribution in [2.75, 3.05) is 11.9 Å². The normalized spacial score (nSPS) is 10.9. The number of thiazole rings is 1. The highest BCUT2D eigenvalue weighted by atomic mass is 32.1. The molecular weight excluding hydrogens is 478 g/mol. The van der Waals surface area contributed by atoms with Crippen molar-refractivity contribution in [3.05, 3.63) is 95.9 Å². The molecule has 37 heavy (non-hydrogen) atoms. The third kappa shape index (κ3) is 5.84. The van der Waals surface area contributed by atoms with Gasteiger partial charge in [-0.05, 0) is 67.3 Å². The SMILES string of the molecule is CCCNc1ncc(-c2cc(-c3c(C)cc(OCc4ccccc4)cc3C)nc(-c3cccnc3)n2)s1. The van der Waals surface area contributed by atoms with E-state index in [2.05, 4.69) is 66.4 Å². The number of hydrogen-bond acceptors (Lipinski definition) is 7. The van der Waals surface area contributed by atoms with Gasteiger partial charge >= 0.3 is 0 Å². The lowest BCUT2D eigenvalue weighted by atomic mass is 9.98. The van der Waals surface area contributed by atoms with Crippen molar-refractivity contribution in [1.82, 2.24) is 19.9 Å². The van der Waals surface area contributed by atoms with Crippen LogP contribution in [0.25, 0.3) is 33.2 Å².